The molecule has 7 heteroatoms. The minimum Gasteiger partial charge on any atom is -0.497 e. The van der Waals surface area contributed by atoms with Crippen LogP contribution in [0.2, 0.25) is 0 Å². The summed E-state index contributed by atoms with van der Waals surface area (Å²) in [5.41, 5.74) is 0.142. The summed E-state index contributed by atoms with van der Waals surface area (Å²) in [6, 6.07) is 9.37. The van der Waals surface area contributed by atoms with Crippen LogP contribution < -0.4 is 14.8 Å². The van der Waals surface area contributed by atoms with Crippen LogP contribution in [-0.2, 0) is 12.7 Å². The first-order valence-electron chi connectivity index (χ1n) is 7.01. The molecule has 128 valence electrons. The summed E-state index contributed by atoms with van der Waals surface area (Å²) in [7, 11) is 2.93. The molecule has 0 radical (unpaired) electrons. The molecular weight excluding hydrogens is 323 g/mol. The number of hydrogen-bond acceptors (Lipinski definition) is 3. The Kier molecular flexibility index (Phi) is 5.33. The van der Waals surface area contributed by atoms with Gasteiger partial charge in [-0.1, -0.05) is 12.1 Å². The third kappa shape index (κ3) is 4.18. The summed E-state index contributed by atoms with van der Waals surface area (Å²) in [5.74, 6) is 0.500. The molecule has 4 nitrogen and oxygen atoms in total. The number of halogens is 3. The van der Waals surface area contributed by atoms with Crippen LogP contribution in [0.5, 0.6) is 11.5 Å². The number of benzene rings is 2. The summed E-state index contributed by atoms with van der Waals surface area (Å²) >= 11 is 0. The summed E-state index contributed by atoms with van der Waals surface area (Å²) < 4.78 is 47.7. The Balaban J connectivity index is 2.05. The van der Waals surface area contributed by atoms with Crippen molar-refractivity contribution in [1.82, 2.24) is 5.32 Å². The lowest BCUT2D eigenvalue weighted by atomic mass is 10.1. The van der Waals surface area contributed by atoms with Gasteiger partial charge in [-0.05, 0) is 29.8 Å². The first kappa shape index (κ1) is 17.7. The predicted octanol–water partition coefficient (Wildman–Crippen LogP) is 3.65. The van der Waals surface area contributed by atoms with Gasteiger partial charge in [-0.15, -0.1) is 0 Å². The van der Waals surface area contributed by atoms with Crippen molar-refractivity contribution in [1.29, 1.82) is 0 Å². The number of carbonyl (C=O) groups is 1. The molecule has 1 amide bonds. The van der Waals surface area contributed by atoms with E-state index in [1.165, 1.54) is 26.4 Å². The number of amides is 1. The van der Waals surface area contributed by atoms with Crippen LogP contribution in [0.25, 0.3) is 0 Å². The van der Waals surface area contributed by atoms with Crippen molar-refractivity contribution < 1.29 is 27.4 Å². The van der Waals surface area contributed by atoms with Crippen molar-refractivity contribution in [2.45, 2.75) is 12.7 Å². The molecule has 0 atom stereocenters. The molecular formula is C17H16F3NO3. The zero-order valence-corrected chi connectivity index (χ0v) is 13.1. The van der Waals surface area contributed by atoms with E-state index in [9.17, 15) is 18.0 Å². The maximum atomic E-state index is 12.5. The van der Waals surface area contributed by atoms with Crippen LogP contribution in [0.4, 0.5) is 13.2 Å². The summed E-state index contributed by atoms with van der Waals surface area (Å²) in [6.45, 7) is 0.103. The van der Waals surface area contributed by atoms with E-state index in [0.717, 1.165) is 12.1 Å². The van der Waals surface area contributed by atoms with Gasteiger partial charge in [0.15, 0.2) is 0 Å². The first-order chi connectivity index (χ1) is 11.3. The average Bonchev–Trinajstić information content (AvgIpc) is 2.58. The fourth-order valence-corrected chi connectivity index (χ4v) is 2.08. The smallest absolute Gasteiger partial charge is 0.416 e. The molecule has 0 aromatic heterocycles. The lowest BCUT2D eigenvalue weighted by Gasteiger charge is -2.11. The summed E-state index contributed by atoms with van der Waals surface area (Å²) in [6.07, 6.45) is -4.38. The number of carbonyl (C=O) groups excluding carboxylic acids is 1. The minimum absolute atomic E-state index is 0.103. The number of rotatable bonds is 5. The van der Waals surface area contributed by atoms with Gasteiger partial charge >= 0.3 is 6.18 Å². The lowest BCUT2D eigenvalue weighted by molar-refractivity contribution is -0.137. The zero-order chi connectivity index (χ0) is 17.7. The van der Waals surface area contributed by atoms with Gasteiger partial charge in [-0.2, -0.15) is 13.2 Å². The Morgan fingerprint density at radius 1 is 1.04 bits per heavy atom. The first-order valence-corrected chi connectivity index (χ1v) is 7.01. The highest BCUT2D eigenvalue weighted by molar-refractivity contribution is 5.97. The van der Waals surface area contributed by atoms with Gasteiger partial charge in [0.05, 0.1) is 25.3 Å². The van der Waals surface area contributed by atoms with Gasteiger partial charge in [0.2, 0.25) is 0 Å². The van der Waals surface area contributed by atoms with E-state index in [-0.39, 0.29) is 6.54 Å². The van der Waals surface area contributed by atoms with Gasteiger partial charge in [0.1, 0.15) is 11.5 Å². The fourth-order valence-electron chi connectivity index (χ4n) is 2.08. The van der Waals surface area contributed by atoms with Gasteiger partial charge in [-0.3, -0.25) is 4.79 Å². The second-order valence-electron chi connectivity index (χ2n) is 4.94. The molecule has 0 unspecified atom stereocenters. The number of hydrogen-bond donors (Lipinski definition) is 1. The minimum atomic E-state index is -4.38. The Labute approximate surface area is 137 Å². The molecule has 0 bridgehead atoms. The Morgan fingerprint density at radius 3 is 2.25 bits per heavy atom. The zero-order valence-electron chi connectivity index (χ0n) is 13.1. The largest absolute Gasteiger partial charge is 0.497 e. The van der Waals surface area contributed by atoms with E-state index in [2.05, 4.69) is 5.32 Å². The monoisotopic (exact) mass is 339 g/mol. The molecule has 0 aliphatic rings. The number of alkyl halides is 3. The molecule has 1 N–H and O–H groups in total. The molecule has 0 spiro atoms. The highest BCUT2D eigenvalue weighted by Gasteiger charge is 2.29. The molecule has 0 heterocycles. The SMILES string of the molecule is COc1ccc(C(=O)NCc2ccc(C(F)(F)F)cc2)c(OC)c1. The van der Waals surface area contributed by atoms with Crippen molar-refractivity contribution in [3.8, 4) is 11.5 Å². The van der Waals surface area contributed by atoms with Gasteiger partial charge in [0.25, 0.3) is 5.91 Å². The van der Waals surface area contributed by atoms with Crippen molar-refractivity contribution in [3.63, 3.8) is 0 Å². The quantitative estimate of drug-likeness (QED) is 0.904. The molecule has 0 saturated carbocycles. The van der Waals surface area contributed by atoms with Crippen molar-refractivity contribution in [3.05, 3.63) is 59.2 Å². The van der Waals surface area contributed by atoms with Crippen LogP contribution in [-0.4, -0.2) is 20.1 Å². The third-order valence-corrected chi connectivity index (χ3v) is 3.39. The van der Waals surface area contributed by atoms with E-state index < -0.39 is 17.6 Å². The van der Waals surface area contributed by atoms with E-state index >= 15 is 0 Å². The Bertz CT molecular complexity index is 712. The number of methoxy groups -OCH3 is 2. The van der Waals surface area contributed by atoms with E-state index in [1.807, 2.05) is 0 Å². The molecule has 2 aromatic rings. The van der Waals surface area contributed by atoms with Crippen LogP contribution in [0.1, 0.15) is 21.5 Å². The molecule has 0 aliphatic heterocycles. The summed E-state index contributed by atoms with van der Waals surface area (Å²) in [5, 5.41) is 2.64. The molecule has 0 fully saturated rings. The number of ether oxygens (including phenoxy) is 2. The van der Waals surface area contributed by atoms with Crippen molar-refractivity contribution >= 4 is 5.91 Å². The molecule has 2 rings (SSSR count). The fraction of sp³-hybridized carbons (Fsp3) is 0.235. The molecule has 0 saturated heterocycles. The topological polar surface area (TPSA) is 47.6 Å². The van der Waals surface area contributed by atoms with Crippen LogP contribution in [0.15, 0.2) is 42.5 Å². The average molecular weight is 339 g/mol. The second-order valence-corrected chi connectivity index (χ2v) is 4.94. The maximum absolute atomic E-state index is 12.5. The molecule has 0 aliphatic carbocycles. The van der Waals surface area contributed by atoms with Crippen LogP contribution >= 0.6 is 0 Å². The maximum Gasteiger partial charge on any atom is 0.416 e. The van der Waals surface area contributed by atoms with E-state index in [0.29, 0.717) is 22.6 Å². The Hall–Kier alpha value is -2.70. The Morgan fingerprint density at radius 2 is 1.71 bits per heavy atom. The van der Waals surface area contributed by atoms with Crippen molar-refractivity contribution in [2.75, 3.05) is 14.2 Å². The number of nitrogens with one attached hydrogen (secondary N) is 1. The predicted molar refractivity (Wildman–Crippen MR) is 82.2 cm³/mol. The van der Waals surface area contributed by atoms with E-state index in [1.54, 1.807) is 18.2 Å². The van der Waals surface area contributed by atoms with E-state index in [4.69, 9.17) is 9.47 Å². The highest BCUT2D eigenvalue weighted by Crippen LogP contribution is 2.29. The molecule has 2 aromatic carbocycles. The highest BCUT2D eigenvalue weighted by atomic mass is 19.4. The van der Waals surface area contributed by atoms with Gasteiger partial charge in [-0.25, -0.2) is 0 Å². The van der Waals surface area contributed by atoms with Crippen LogP contribution in [0.3, 0.4) is 0 Å². The summed E-state index contributed by atoms with van der Waals surface area (Å²) in [4.78, 5) is 12.2. The van der Waals surface area contributed by atoms with Gasteiger partial charge < -0.3 is 14.8 Å². The van der Waals surface area contributed by atoms with Gasteiger partial charge in [0, 0.05) is 12.6 Å². The van der Waals surface area contributed by atoms with Crippen molar-refractivity contribution in [2.24, 2.45) is 0 Å². The lowest BCUT2D eigenvalue weighted by Crippen LogP contribution is -2.23. The normalized spacial score (nSPS) is 11.0. The third-order valence-electron chi connectivity index (χ3n) is 3.39. The molecule has 24 heavy (non-hydrogen) atoms. The van der Waals surface area contributed by atoms with Crippen LogP contribution in [0, 0.1) is 0 Å². The standard InChI is InChI=1S/C17H16F3NO3/c1-23-13-7-8-14(15(9-13)24-2)16(22)21-10-11-3-5-12(6-4-11)17(18,19)20/h3-9H,10H2,1-2H3,(H,21,22). The second kappa shape index (κ2) is 7.25.